The minimum Gasteiger partial charge on any atom is -0.462 e. The van der Waals surface area contributed by atoms with E-state index >= 15 is 0 Å². The standard InChI is InChI=1S/C26H38F12O4/c1-8-18(3,4)13-20(7,19(5,6)9-2)17(39)42-16-11-14(21(40,23(27,28)29)24(30,31)32)10-15(12-16)22(41,25(33,34)35)26(36,37)38/h14-16,40-41H,8-13H2,1-7H3. The first kappa shape index (κ1) is 38.6. The van der Waals surface area contributed by atoms with Crippen LogP contribution in [0.25, 0.3) is 0 Å². The van der Waals surface area contributed by atoms with Crippen LogP contribution in [0.5, 0.6) is 0 Å². The van der Waals surface area contributed by atoms with Crippen molar-refractivity contribution in [2.45, 2.75) is 129 Å². The molecule has 0 aromatic heterocycles. The number of aliphatic hydroxyl groups is 2. The molecule has 4 nitrogen and oxygen atoms in total. The van der Waals surface area contributed by atoms with Crippen LogP contribution in [0.3, 0.4) is 0 Å². The molecule has 0 aliphatic heterocycles. The summed E-state index contributed by atoms with van der Waals surface area (Å²) in [4.78, 5) is 13.6. The first-order chi connectivity index (χ1) is 18.3. The Hall–Kier alpha value is -1.45. The molecule has 250 valence electrons. The van der Waals surface area contributed by atoms with Crippen molar-refractivity contribution in [2.24, 2.45) is 28.1 Å². The SMILES string of the molecule is CCC(C)(C)CC(C)(C(=O)OC1CC(C(O)(C(F)(F)F)C(F)(F)F)CC(C(O)(C(F)(F)F)C(F)(F)F)C1)C(C)(C)CC. The molecule has 0 amide bonds. The summed E-state index contributed by atoms with van der Waals surface area (Å²) < 4.78 is 170. The van der Waals surface area contributed by atoms with Crippen LogP contribution in [0.2, 0.25) is 0 Å². The van der Waals surface area contributed by atoms with Gasteiger partial charge in [-0.2, -0.15) is 52.7 Å². The second-order valence-corrected chi connectivity index (χ2v) is 12.9. The van der Waals surface area contributed by atoms with Gasteiger partial charge in [0, 0.05) is 11.8 Å². The molecular formula is C26H38F12O4. The van der Waals surface area contributed by atoms with Crippen molar-refractivity contribution in [3.8, 4) is 0 Å². The van der Waals surface area contributed by atoms with E-state index in [2.05, 4.69) is 0 Å². The van der Waals surface area contributed by atoms with Gasteiger partial charge < -0.3 is 14.9 Å². The fourth-order valence-corrected chi connectivity index (χ4v) is 5.63. The van der Waals surface area contributed by atoms with Crippen LogP contribution in [0, 0.1) is 28.1 Å². The van der Waals surface area contributed by atoms with Gasteiger partial charge in [-0.3, -0.25) is 4.79 Å². The number of carbonyl (C=O) groups is 1. The van der Waals surface area contributed by atoms with Crippen LogP contribution in [-0.4, -0.2) is 58.2 Å². The topological polar surface area (TPSA) is 66.8 Å². The monoisotopic (exact) mass is 642 g/mol. The molecule has 2 N–H and O–H groups in total. The number of rotatable bonds is 9. The molecular weight excluding hydrogens is 604 g/mol. The van der Waals surface area contributed by atoms with Gasteiger partial charge in [-0.25, -0.2) is 0 Å². The van der Waals surface area contributed by atoms with E-state index in [1.165, 1.54) is 6.92 Å². The highest BCUT2D eigenvalue weighted by Crippen LogP contribution is 2.58. The van der Waals surface area contributed by atoms with E-state index in [1.807, 2.05) is 0 Å². The Balaban J connectivity index is 3.85. The normalized spacial score (nSPS) is 23.9. The first-order valence-electron chi connectivity index (χ1n) is 13.2. The van der Waals surface area contributed by atoms with E-state index in [4.69, 9.17) is 4.74 Å². The zero-order chi connectivity index (χ0) is 33.8. The van der Waals surface area contributed by atoms with Crippen molar-refractivity contribution in [1.82, 2.24) is 0 Å². The Labute approximate surface area is 236 Å². The molecule has 0 radical (unpaired) electrons. The van der Waals surface area contributed by atoms with Gasteiger partial charge in [0.15, 0.2) is 0 Å². The van der Waals surface area contributed by atoms with Gasteiger partial charge in [0.05, 0.1) is 5.41 Å². The van der Waals surface area contributed by atoms with Crippen LogP contribution < -0.4 is 0 Å². The molecule has 0 heterocycles. The molecule has 1 aliphatic carbocycles. The van der Waals surface area contributed by atoms with E-state index < -0.39 is 95.3 Å². The second kappa shape index (κ2) is 11.5. The Morgan fingerprint density at radius 3 is 1.24 bits per heavy atom. The molecule has 0 bridgehead atoms. The Bertz CT molecular complexity index is 875. The van der Waals surface area contributed by atoms with Crippen LogP contribution in [0.4, 0.5) is 52.7 Å². The van der Waals surface area contributed by atoms with Crippen molar-refractivity contribution in [2.75, 3.05) is 0 Å². The molecule has 3 unspecified atom stereocenters. The highest BCUT2D eigenvalue weighted by Gasteiger charge is 2.78. The van der Waals surface area contributed by atoms with Crippen molar-refractivity contribution in [3.05, 3.63) is 0 Å². The molecule has 0 spiro atoms. The van der Waals surface area contributed by atoms with Crippen LogP contribution in [0.1, 0.15) is 87.0 Å². The summed E-state index contributed by atoms with van der Waals surface area (Å²) in [6.07, 6.45) is -33.4. The number of halogens is 12. The van der Waals surface area contributed by atoms with Gasteiger partial charge in [-0.05, 0) is 49.9 Å². The Morgan fingerprint density at radius 2 is 0.976 bits per heavy atom. The number of alkyl halides is 12. The predicted octanol–water partition coefficient (Wildman–Crippen LogP) is 8.29. The maximum Gasteiger partial charge on any atom is 0.426 e. The van der Waals surface area contributed by atoms with Gasteiger partial charge in [0.2, 0.25) is 0 Å². The molecule has 16 heteroatoms. The summed E-state index contributed by atoms with van der Waals surface area (Å²) in [5.74, 6) is -8.06. The molecule has 1 rings (SSSR count). The lowest BCUT2D eigenvalue weighted by Crippen LogP contribution is -2.67. The fourth-order valence-electron chi connectivity index (χ4n) is 5.63. The zero-order valence-corrected chi connectivity index (χ0v) is 24.2. The summed E-state index contributed by atoms with van der Waals surface area (Å²) in [7, 11) is 0. The maximum absolute atomic E-state index is 13.7. The lowest BCUT2D eigenvalue weighted by atomic mass is 9.58. The van der Waals surface area contributed by atoms with Crippen LogP contribution >= 0.6 is 0 Å². The van der Waals surface area contributed by atoms with Crippen LogP contribution in [-0.2, 0) is 9.53 Å². The van der Waals surface area contributed by atoms with Crippen molar-refractivity contribution >= 4 is 5.97 Å². The second-order valence-electron chi connectivity index (χ2n) is 12.9. The number of esters is 1. The Morgan fingerprint density at radius 1 is 0.643 bits per heavy atom. The van der Waals surface area contributed by atoms with E-state index in [9.17, 15) is 67.7 Å². The summed E-state index contributed by atoms with van der Waals surface area (Å²) in [5, 5.41) is 19.9. The molecule has 0 saturated heterocycles. The quantitative estimate of drug-likeness (QED) is 0.196. The summed E-state index contributed by atoms with van der Waals surface area (Å²) >= 11 is 0. The highest BCUT2D eigenvalue weighted by molar-refractivity contribution is 5.77. The third kappa shape index (κ3) is 6.78. The van der Waals surface area contributed by atoms with Crippen LogP contribution in [0.15, 0.2) is 0 Å². The summed E-state index contributed by atoms with van der Waals surface area (Å²) in [5.41, 5.74) is -14.7. The molecule has 42 heavy (non-hydrogen) atoms. The van der Waals surface area contributed by atoms with Crippen molar-refractivity contribution in [3.63, 3.8) is 0 Å². The zero-order valence-electron chi connectivity index (χ0n) is 24.2. The first-order valence-corrected chi connectivity index (χ1v) is 13.2. The largest absolute Gasteiger partial charge is 0.462 e. The molecule has 1 fully saturated rings. The fraction of sp³-hybridized carbons (Fsp3) is 0.962. The minimum absolute atomic E-state index is 0.0276. The molecule has 1 saturated carbocycles. The third-order valence-corrected chi connectivity index (χ3v) is 9.47. The highest BCUT2D eigenvalue weighted by atomic mass is 19.4. The van der Waals surface area contributed by atoms with Crippen molar-refractivity contribution < 1.29 is 72.4 Å². The van der Waals surface area contributed by atoms with Gasteiger partial charge in [-0.15, -0.1) is 0 Å². The van der Waals surface area contributed by atoms with E-state index in [0.29, 0.717) is 6.42 Å². The lowest BCUT2D eigenvalue weighted by Gasteiger charge is -2.50. The minimum atomic E-state index is -6.61. The summed E-state index contributed by atoms with van der Waals surface area (Å²) in [6, 6.07) is 0. The van der Waals surface area contributed by atoms with E-state index in [0.717, 1.165) is 0 Å². The molecule has 3 atom stereocenters. The molecule has 0 aromatic rings. The maximum atomic E-state index is 13.7. The molecule has 1 aliphatic rings. The van der Waals surface area contributed by atoms with Gasteiger partial charge in [-0.1, -0.05) is 48.0 Å². The average Bonchev–Trinajstić information content (AvgIpc) is 2.79. The number of ether oxygens (including phenoxy) is 1. The lowest BCUT2D eigenvalue weighted by molar-refractivity contribution is -0.405. The number of hydrogen-bond donors (Lipinski definition) is 2. The third-order valence-electron chi connectivity index (χ3n) is 9.47. The van der Waals surface area contributed by atoms with Gasteiger partial charge in [0.1, 0.15) is 6.10 Å². The van der Waals surface area contributed by atoms with Crippen molar-refractivity contribution in [1.29, 1.82) is 0 Å². The average molecular weight is 643 g/mol. The van der Waals surface area contributed by atoms with E-state index in [-0.39, 0.29) is 12.8 Å². The number of hydrogen-bond acceptors (Lipinski definition) is 4. The number of carbonyl (C=O) groups excluding carboxylic acids is 1. The smallest absolute Gasteiger partial charge is 0.426 e. The Kier molecular flexibility index (Phi) is 10.5. The predicted molar refractivity (Wildman–Crippen MR) is 126 cm³/mol. The molecule has 0 aromatic carbocycles. The van der Waals surface area contributed by atoms with E-state index in [1.54, 1.807) is 41.5 Å². The van der Waals surface area contributed by atoms with Gasteiger partial charge in [0.25, 0.3) is 11.2 Å². The van der Waals surface area contributed by atoms with Gasteiger partial charge >= 0.3 is 30.7 Å². The summed E-state index contributed by atoms with van der Waals surface area (Å²) in [6.45, 7) is 11.5.